The van der Waals surface area contributed by atoms with Crippen molar-refractivity contribution in [3.8, 4) is 22.9 Å². The zero-order chi connectivity index (χ0) is 17.9. The summed E-state index contributed by atoms with van der Waals surface area (Å²) in [5, 5.41) is 17.4. The van der Waals surface area contributed by atoms with Gasteiger partial charge in [-0.25, -0.2) is 0 Å². The Bertz CT molecular complexity index is 1030. The lowest BCUT2D eigenvalue weighted by atomic mass is 10.2. The SMILES string of the molecule is Cc1ccc(-c2cc(C(=O)NCc3nnc(-c4ccccc4)o3)n[nH]2)o1. The molecule has 130 valence electrons. The normalized spacial score (nSPS) is 10.8. The van der Waals surface area contributed by atoms with E-state index in [2.05, 4.69) is 25.7 Å². The van der Waals surface area contributed by atoms with Crippen LogP contribution in [0.5, 0.6) is 0 Å². The molecule has 0 radical (unpaired) electrons. The van der Waals surface area contributed by atoms with Crippen LogP contribution in [0.2, 0.25) is 0 Å². The minimum Gasteiger partial charge on any atom is -0.460 e. The number of hydrogen-bond acceptors (Lipinski definition) is 6. The van der Waals surface area contributed by atoms with Crippen LogP contribution in [0.3, 0.4) is 0 Å². The molecule has 0 saturated carbocycles. The summed E-state index contributed by atoms with van der Waals surface area (Å²) in [6, 6.07) is 14.7. The summed E-state index contributed by atoms with van der Waals surface area (Å²) < 4.78 is 11.1. The Balaban J connectivity index is 1.40. The smallest absolute Gasteiger partial charge is 0.272 e. The Kier molecular flexibility index (Phi) is 4.06. The van der Waals surface area contributed by atoms with Crippen LogP contribution >= 0.6 is 0 Å². The predicted octanol–water partition coefficient (Wildman–Crippen LogP) is 2.96. The largest absolute Gasteiger partial charge is 0.460 e. The summed E-state index contributed by atoms with van der Waals surface area (Å²) in [6.45, 7) is 1.96. The summed E-state index contributed by atoms with van der Waals surface area (Å²) in [5.74, 6) is 1.78. The monoisotopic (exact) mass is 349 g/mol. The van der Waals surface area contributed by atoms with Crippen molar-refractivity contribution in [3.05, 3.63) is 65.9 Å². The Morgan fingerprint density at radius 2 is 1.96 bits per heavy atom. The van der Waals surface area contributed by atoms with E-state index in [0.717, 1.165) is 11.3 Å². The Morgan fingerprint density at radius 3 is 2.73 bits per heavy atom. The van der Waals surface area contributed by atoms with E-state index in [9.17, 15) is 4.79 Å². The van der Waals surface area contributed by atoms with Gasteiger partial charge in [-0.1, -0.05) is 18.2 Å². The van der Waals surface area contributed by atoms with E-state index in [1.807, 2.05) is 49.4 Å². The van der Waals surface area contributed by atoms with E-state index in [4.69, 9.17) is 8.83 Å². The molecule has 1 amide bonds. The maximum atomic E-state index is 12.2. The first-order valence-corrected chi connectivity index (χ1v) is 7.97. The third-order valence-corrected chi connectivity index (χ3v) is 3.70. The molecular weight excluding hydrogens is 334 g/mol. The number of aromatic amines is 1. The molecule has 0 saturated heterocycles. The van der Waals surface area contributed by atoms with Gasteiger partial charge >= 0.3 is 0 Å². The molecule has 26 heavy (non-hydrogen) atoms. The van der Waals surface area contributed by atoms with Gasteiger partial charge in [0.1, 0.15) is 11.5 Å². The van der Waals surface area contributed by atoms with E-state index in [0.29, 0.717) is 23.2 Å². The maximum Gasteiger partial charge on any atom is 0.272 e. The van der Waals surface area contributed by atoms with Crippen LogP contribution in [0.4, 0.5) is 0 Å². The van der Waals surface area contributed by atoms with Crippen molar-refractivity contribution >= 4 is 5.91 Å². The molecule has 0 aliphatic rings. The van der Waals surface area contributed by atoms with E-state index in [-0.39, 0.29) is 18.1 Å². The molecule has 0 atom stereocenters. The number of furan rings is 1. The molecule has 4 aromatic rings. The van der Waals surface area contributed by atoms with E-state index in [1.165, 1.54) is 0 Å². The Labute approximate surface area is 148 Å². The Hall–Kier alpha value is -3.68. The highest BCUT2D eigenvalue weighted by atomic mass is 16.4. The third kappa shape index (κ3) is 3.25. The van der Waals surface area contributed by atoms with Gasteiger partial charge in [0.25, 0.3) is 5.91 Å². The Morgan fingerprint density at radius 1 is 1.12 bits per heavy atom. The van der Waals surface area contributed by atoms with Gasteiger partial charge < -0.3 is 14.2 Å². The first-order valence-electron chi connectivity index (χ1n) is 7.97. The molecule has 0 aliphatic heterocycles. The number of aryl methyl sites for hydroxylation is 1. The fourth-order valence-electron chi connectivity index (χ4n) is 2.41. The average molecular weight is 349 g/mol. The van der Waals surface area contributed by atoms with Crippen molar-refractivity contribution in [2.75, 3.05) is 0 Å². The van der Waals surface area contributed by atoms with Gasteiger partial charge in [-0.05, 0) is 31.2 Å². The number of H-pyrrole nitrogens is 1. The van der Waals surface area contributed by atoms with Gasteiger partial charge in [0.05, 0.1) is 6.54 Å². The predicted molar refractivity (Wildman–Crippen MR) is 91.9 cm³/mol. The molecule has 8 nitrogen and oxygen atoms in total. The lowest BCUT2D eigenvalue weighted by molar-refractivity contribution is 0.0942. The topological polar surface area (TPSA) is 110 Å². The van der Waals surface area contributed by atoms with E-state index < -0.39 is 0 Å². The molecular formula is C18H15N5O3. The molecule has 8 heteroatoms. The standard InChI is InChI=1S/C18H15N5O3/c1-11-7-8-15(25-11)13-9-14(21-20-13)17(24)19-10-16-22-23-18(26-16)12-5-3-2-4-6-12/h2-9H,10H2,1H3,(H,19,24)(H,20,21). The number of nitrogens with zero attached hydrogens (tertiary/aromatic N) is 3. The van der Waals surface area contributed by atoms with E-state index in [1.54, 1.807) is 6.07 Å². The molecule has 0 bridgehead atoms. The maximum absolute atomic E-state index is 12.2. The number of hydrogen-bond donors (Lipinski definition) is 2. The second kappa shape index (κ2) is 6.67. The molecule has 2 N–H and O–H groups in total. The van der Waals surface area contributed by atoms with Crippen molar-refractivity contribution in [1.82, 2.24) is 25.7 Å². The van der Waals surface area contributed by atoms with Gasteiger partial charge in [-0.2, -0.15) is 5.10 Å². The van der Waals surface area contributed by atoms with Crippen LogP contribution in [0.1, 0.15) is 22.1 Å². The zero-order valence-corrected chi connectivity index (χ0v) is 13.9. The minimum atomic E-state index is -0.352. The van der Waals surface area contributed by atoms with Crippen LogP contribution in [0.15, 0.2) is 57.4 Å². The van der Waals surface area contributed by atoms with Crippen LogP contribution in [-0.2, 0) is 6.54 Å². The average Bonchev–Trinajstić information content (AvgIpc) is 3.40. The van der Waals surface area contributed by atoms with Crippen molar-refractivity contribution in [1.29, 1.82) is 0 Å². The highest BCUT2D eigenvalue weighted by Gasteiger charge is 2.15. The highest BCUT2D eigenvalue weighted by molar-refractivity contribution is 5.93. The fourth-order valence-corrected chi connectivity index (χ4v) is 2.41. The van der Waals surface area contributed by atoms with Gasteiger partial charge in [0, 0.05) is 11.6 Å². The quantitative estimate of drug-likeness (QED) is 0.573. The van der Waals surface area contributed by atoms with Crippen LogP contribution in [0.25, 0.3) is 22.9 Å². The number of aromatic nitrogens is 4. The molecule has 0 spiro atoms. The minimum absolute atomic E-state index is 0.112. The third-order valence-electron chi connectivity index (χ3n) is 3.70. The molecule has 4 rings (SSSR count). The lowest BCUT2D eigenvalue weighted by Crippen LogP contribution is -2.23. The van der Waals surface area contributed by atoms with Crippen molar-refractivity contribution in [2.45, 2.75) is 13.5 Å². The number of amides is 1. The zero-order valence-electron chi connectivity index (χ0n) is 13.9. The van der Waals surface area contributed by atoms with Gasteiger partial charge in [0.2, 0.25) is 11.8 Å². The summed E-state index contributed by atoms with van der Waals surface area (Å²) in [4.78, 5) is 12.2. The molecule has 3 heterocycles. The van der Waals surface area contributed by atoms with Crippen LogP contribution < -0.4 is 5.32 Å². The van der Waals surface area contributed by atoms with Crippen molar-refractivity contribution in [3.63, 3.8) is 0 Å². The number of benzene rings is 1. The summed E-state index contributed by atoms with van der Waals surface area (Å²) in [5.41, 5.74) is 1.70. The number of rotatable bonds is 5. The van der Waals surface area contributed by atoms with Gasteiger partial charge in [-0.3, -0.25) is 9.89 Å². The number of nitrogens with one attached hydrogen (secondary N) is 2. The van der Waals surface area contributed by atoms with Crippen molar-refractivity contribution < 1.29 is 13.6 Å². The van der Waals surface area contributed by atoms with Crippen LogP contribution in [0, 0.1) is 6.92 Å². The van der Waals surface area contributed by atoms with Crippen molar-refractivity contribution in [2.24, 2.45) is 0 Å². The fraction of sp³-hybridized carbons (Fsp3) is 0.111. The second-order valence-corrected chi connectivity index (χ2v) is 5.63. The lowest BCUT2D eigenvalue weighted by Gasteiger charge is -1.98. The first kappa shape index (κ1) is 15.8. The molecule has 3 aromatic heterocycles. The van der Waals surface area contributed by atoms with E-state index >= 15 is 0 Å². The molecule has 0 aliphatic carbocycles. The van der Waals surface area contributed by atoms with Gasteiger partial charge in [-0.15, -0.1) is 10.2 Å². The number of carbonyl (C=O) groups excluding carboxylic acids is 1. The summed E-state index contributed by atoms with van der Waals surface area (Å²) >= 11 is 0. The highest BCUT2D eigenvalue weighted by Crippen LogP contribution is 2.20. The summed E-state index contributed by atoms with van der Waals surface area (Å²) in [7, 11) is 0. The molecule has 1 aromatic carbocycles. The van der Waals surface area contributed by atoms with Crippen LogP contribution in [-0.4, -0.2) is 26.3 Å². The van der Waals surface area contributed by atoms with Gasteiger partial charge in [0.15, 0.2) is 11.5 Å². The first-order chi connectivity index (χ1) is 12.7. The molecule has 0 unspecified atom stereocenters. The number of carbonyl (C=O) groups is 1. The second-order valence-electron chi connectivity index (χ2n) is 5.63. The molecule has 0 fully saturated rings. The summed E-state index contributed by atoms with van der Waals surface area (Å²) in [6.07, 6.45) is 0.